The highest BCUT2D eigenvalue weighted by Crippen LogP contribution is 2.66. The molecule has 2 rings (SSSR count). The molecular formula is C10H14F3N2O13P3S2. The van der Waals surface area contributed by atoms with Crippen molar-refractivity contribution in [3.05, 3.63) is 21.7 Å². The summed E-state index contributed by atoms with van der Waals surface area (Å²) in [7, 11) is -17.3. The van der Waals surface area contributed by atoms with E-state index in [-0.39, 0.29) is 4.64 Å². The lowest BCUT2D eigenvalue weighted by atomic mass is 9.93. The first kappa shape index (κ1) is 28.8. The van der Waals surface area contributed by atoms with Gasteiger partial charge in [0.2, 0.25) is 5.60 Å². The molecule has 1 fully saturated rings. The number of ether oxygens (including phenoxy) is 1. The Morgan fingerprint density at radius 1 is 1.15 bits per heavy atom. The van der Waals surface area contributed by atoms with Crippen molar-refractivity contribution in [2.75, 3.05) is 6.61 Å². The average Bonchev–Trinajstić information content (AvgIpc) is 2.82. The van der Waals surface area contributed by atoms with Crippen molar-refractivity contribution in [2.24, 2.45) is 0 Å². The molecule has 1 aromatic rings. The van der Waals surface area contributed by atoms with Gasteiger partial charge in [0.15, 0.2) is 11.0 Å². The van der Waals surface area contributed by atoms with Crippen LogP contribution in [0.1, 0.15) is 6.23 Å². The Morgan fingerprint density at radius 3 is 2.21 bits per heavy atom. The number of halogens is 3. The van der Waals surface area contributed by atoms with Gasteiger partial charge in [0.1, 0.15) is 16.8 Å². The van der Waals surface area contributed by atoms with Gasteiger partial charge in [-0.05, 0) is 18.3 Å². The zero-order chi connectivity index (χ0) is 25.6. The van der Waals surface area contributed by atoms with E-state index in [2.05, 4.69) is 18.1 Å². The summed E-state index contributed by atoms with van der Waals surface area (Å²) in [6.45, 7) is -1.46. The molecule has 33 heavy (non-hydrogen) atoms. The maximum Gasteiger partial charge on any atom is 0.490 e. The minimum Gasteiger partial charge on any atom is -0.387 e. The fourth-order valence-electron chi connectivity index (χ4n) is 2.57. The van der Waals surface area contributed by atoms with Gasteiger partial charge in [0, 0.05) is 6.20 Å². The topological polar surface area (TPSA) is 230 Å². The van der Waals surface area contributed by atoms with Gasteiger partial charge in [0.25, 0.3) is 0 Å². The van der Waals surface area contributed by atoms with Crippen molar-refractivity contribution in [2.45, 2.75) is 30.2 Å². The van der Waals surface area contributed by atoms with Crippen LogP contribution in [0.5, 0.6) is 0 Å². The van der Waals surface area contributed by atoms with Gasteiger partial charge in [-0.15, -0.1) is 0 Å². The summed E-state index contributed by atoms with van der Waals surface area (Å²) in [5.74, 6) is 0. The largest absolute Gasteiger partial charge is 0.490 e. The summed E-state index contributed by atoms with van der Waals surface area (Å²) in [5.41, 5.74) is -4.04. The van der Waals surface area contributed by atoms with Crippen LogP contribution in [0.25, 0.3) is 0 Å². The Labute approximate surface area is 190 Å². The predicted molar refractivity (Wildman–Crippen MR) is 101 cm³/mol. The van der Waals surface area contributed by atoms with Crippen LogP contribution in [0.2, 0.25) is 0 Å². The maximum absolute atomic E-state index is 13.7. The van der Waals surface area contributed by atoms with E-state index >= 15 is 0 Å². The van der Waals surface area contributed by atoms with E-state index in [9.17, 15) is 42.0 Å². The molecule has 1 aliphatic heterocycles. The Kier molecular flexibility index (Phi) is 8.36. The summed E-state index contributed by atoms with van der Waals surface area (Å²) >= 11 is 9.60. The zero-order valence-electron chi connectivity index (χ0n) is 15.4. The number of H-pyrrole nitrogens is 1. The molecular weight excluding hydrogens is 570 g/mol. The quantitative estimate of drug-likeness (QED) is 0.168. The summed E-state index contributed by atoms with van der Waals surface area (Å²) in [6, 6.07) is 1.08. The number of phosphoric ester groups is 1. The minimum atomic E-state index is -5.90. The van der Waals surface area contributed by atoms with E-state index in [1.807, 2.05) is 0 Å². The van der Waals surface area contributed by atoms with Crippen LogP contribution >= 0.6 is 47.9 Å². The predicted octanol–water partition coefficient (Wildman–Crippen LogP) is 1.17. The second kappa shape index (κ2) is 9.57. The van der Waals surface area contributed by atoms with Crippen molar-refractivity contribution in [3.8, 4) is 0 Å². The first-order valence-corrected chi connectivity index (χ1v) is 13.2. The van der Waals surface area contributed by atoms with E-state index in [4.69, 9.17) is 43.9 Å². The number of nitrogens with zero attached hydrogens (tertiary/aromatic N) is 1. The third-order valence-corrected chi connectivity index (χ3v) is 8.21. The van der Waals surface area contributed by atoms with Crippen LogP contribution in [-0.4, -0.2) is 69.9 Å². The summed E-state index contributed by atoms with van der Waals surface area (Å²) in [4.78, 5) is 37.7. The first-order chi connectivity index (χ1) is 14.7. The first-order valence-electron chi connectivity index (χ1n) is 7.91. The van der Waals surface area contributed by atoms with Crippen molar-refractivity contribution < 1.29 is 74.5 Å². The number of hydrogen-bond acceptors (Lipinski definition) is 11. The number of alkyl halides is 3. The number of rotatable bonds is 8. The Balaban J connectivity index is 2.29. The van der Waals surface area contributed by atoms with Gasteiger partial charge in [-0.25, -0.2) is 13.7 Å². The van der Waals surface area contributed by atoms with Crippen molar-refractivity contribution in [1.82, 2.24) is 9.55 Å². The molecule has 1 aliphatic rings. The standard InChI is InChI=1S/C10H14F3N2O13P3S2/c11-10(12,13)9(17)6(16)4(26-7(9)15-2-1-5(32)14-8(15)33)3-25-30(21,22)28-31(23,24)27-29(18,19)20/h1-2,4,6-7,16-17H,3H2,(H,21,22)(H,23,24)(H,14,32,33)(H2,18,19,20)/t4-,6+,7-,9?/m1/s1. The van der Waals surface area contributed by atoms with E-state index in [1.54, 1.807) is 0 Å². The third-order valence-electron chi connectivity index (χ3n) is 3.86. The van der Waals surface area contributed by atoms with Crippen LogP contribution in [0.3, 0.4) is 0 Å². The van der Waals surface area contributed by atoms with E-state index in [0.29, 0.717) is 4.57 Å². The fraction of sp³-hybridized carbons (Fsp3) is 0.600. The van der Waals surface area contributed by atoms with E-state index in [0.717, 1.165) is 12.3 Å². The van der Waals surface area contributed by atoms with Crippen molar-refractivity contribution in [1.29, 1.82) is 0 Å². The molecule has 0 amide bonds. The zero-order valence-corrected chi connectivity index (χ0v) is 19.7. The third kappa shape index (κ3) is 6.84. The molecule has 0 saturated carbocycles. The lowest BCUT2D eigenvalue weighted by Crippen LogP contribution is -2.57. The van der Waals surface area contributed by atoms with Gasteiger partial charge in [-0.1, -0.05) is 12.2 Å². The number of aromatic nitrogens is 2. The van der Waals surface area contributed by atoms with Gasteiger partial charge >= 0.3 is 29.6 Å². The summed E-state index contributed by atoms with van der Waals surface area (Å²) in [6.07, 6.45) is -12.2. The van der Waals surface area contributed by atoms with Gasteiger partial charge in [-0.2, -0.15) is 21.8 Å². The highest BCUT2D eigenvalue weighted by atomic mass is 32.1. The van der Waals surface area contributed by atoms with E-state index in [1.165, 1.54) is 0 Å². The van der Waals surface area contributed by atoms with Crippen LogP contribution in [-0.2, 0) is 31.6 Å². The Hall–Kier alpha value is -0.400. The number of hydrogen-bond donors (Lipinski definition) is 7. The van der Waals surface area contributed by atoms with Crippen LogP contribution in [0.15, 0.2) is 12.3 Å². The molecule has 0 bridgehead atoms. The molecule has 2 heterocycles. The van der Waals surface area contributed by atoms with Gasteiger partial charge < -0.3 is 39.5 Å². The molecule has 1 saturated heterocycles. The SMILES string of the molecule is O=P(O)(O)OP(=O)(O)OP(=O)(O)OC[C@H]1O[C@@H](n2ccc(=S)[nH]c2=S)C(O)(C(F)(F)F)[C@H]1O. The maximum atomic E-state index is 13.7. The second-order valence-corrected chi connectivity index (χ2v) is 11.4. The number of aliphatic hydroxyl groups excluding tert-OH is 1. The van der Waals surface area contributed by atoms with Gasteiger partial charge in [0.05, 0.1) is 6.61 Å². The molecule has 1 aromatic heterocycles. The minimum absolute atomic E-state index is 0.00885. The number of phosphoric acid groups is 3. The molecule has 0 spiro atoms. The van der Waals surface area contributed by atoms with Crippen LogP contribution < -0.4 is 0 Å². The number of aliphatic hydroxyl groups is 2. The monoisotopic (exact) mass is 584 g/mol. The lowest BCUT2D eigenvalue weighted by molar-refractivity contribution is -0.304. The molecule has 0 aromatic carbocycles. The molecule has 15 nitrogen and oxygen atoms in total. The van der Waals surface area contributed by atoms with Crippen molar-refractivity contribution in [3.63, 3.8) is 0 Å². The second-order valence-electron chi connectivity index (χ2n) is 6.20. The average molecular weight is 584 g/mol. The number of nitrogens with one attached hydrogen (secondary N) is 1. The van der Waals surface area contributed by atoms with Gasteiger partial charge in [-0.3, -0.25) is 9.09 Å². The highest BCUT2D eigenvalue weighted by Gasteiger charge is 2.71. The fourth-order valence-corrected chi connectivity index (χ4v) is 6.09. The molecule has 0 aliphatic carbocycles. The summed E-state index contributed by atoms with van der Waals surface area (Å²) < 4.78 is 90.8. The molecule has 6 atom stereocenters. The molecule has 0 radical (unpaired) electrons. The van der Waals surface area contributed by atoms with Crippen LogP contribution in [0.4, 0.5) is 13.2 Å². The summed E-state index contributed by atoms with van der Waals surface area (Å²) in [5, 5.41) is 20.4. The Morgan fingerprint density at radius 2 is 1.73 bits per heavy atom. The smallest absolute Gasteiger partial charge is 0.387 e. The highest BCUT2D eigenvalue weighted by molar-refractivity contribution is 7.72. The van der Waals surface area contributed by atoms with Crippen molar-refractivity contribution >= 4 is 47.9 Å². The normalized spacial score (nSPS) is 30.0. The molecule has 190 valence electrons. The molecule has 7 N–H and O–H groups in total. The Bertz CT molecular complexity index is 1150. The lowest BCUT2D eigenvalue weighted by Gasteiger charge is -2.33. The number of aromatic amines is 1. The molecule has 23 heteroatoms. The van der Waals surface area contributed by atoms with Crippen LogP contribution in [0, 0.1) is 9.41 Å². The van der Waals surface area contributed by atoms with E-state index < -0.39 is 65.1 Å². The molecule has 3 unspecified atom stereocenters.